The quantitative estimate of drug-likeness (QED) is 0.583. The number of anilines is 2. The zero-order valence-corrected chi connectivity index (χ0v) is 19.3. The van der Waals surface area contributed by atoms with Crippen LogP contribution in [-0.2, 0) is 4.79 Å². The van der Waals surface area contributed by atoms with Crippen LogP contribution in [0.2, 0.25) is 0 Å². The van der Waals surface area contributed by atoms with Crippen molar-refractivity contribution in [3.8, 4) is 5.75 Å². The third-order valence-corrected chi connectivity index (χ3v) is 6.26. The van der Waals surface area contributed by atoms with Crippen LogP contribution in [0.5, 0.6) is 5.75 Å². The van der Waals surface area contributed by atoms with Crippen LogP contribution in [0.15, 0.2) is 78.6 Å². The van der Waals surface area contributed by atoms with E-state index in [4.69, 9.17) is 4.74 Å². The van der Waals surface area contributed by atoms with E-state index in [1.54, 1.807) is 24.3 Å². The van der Waals surface area contributed by atoms with Crippen molar-refractivity contribution >= 4 is 29.3 Å². The highest BCUT2D eigenvalue weighted by molar-refractivity contribution is 6.09. The molecule has 6 nitrogen and oxygen atoms in total. The Bertz CT molecular complexity index is 1270. The standard InChI is InChI=1S/C28H27N3O3/c1-19-7-6-10-23(15-19)31-14-13-30(18-20(31)2)28(33)22-11-12-25-24(17-22)29-27(32)26(34-25)16-21-8-4-3-5-9-21/h3-12,15-17,20H,13-14,18H2,1-2H3,(H,29,32)/b26-16-. The smallest absolute Gasteiger partial charge is 0.291 e. The number of carbonyl (C=O) groups excluding carboxylic acids is 2. The Hall–Kier alpha value is -4.06. The molecule has 2 aliphatic heterocycles. The van der Waals surface area contributed by atoms with Gasteiger partial charge in [-0.05, 0) is 61.4 Å². The highest BCUT2D eigenvalue weighted by atomic mass is 16.5. The van der Waals surface area contributed by atoms with Gasteiger partial charge in [-0.3, -0.25) is 9.59 Å². The minimum atomic E-state index is -0.332. The largest absolute Gasteiger partial charge is 0.449 e. The topological polar surface area (TPSA) is 61.9 Å². The molecule has 0 aromatic heterocycles. The van der Waals surface area contributed by atoms with Gasteiger partial charge in [-0.1, -0.05) is 42.5 Å². The lowest BCUT2D eigenvalue weighted by Crippen LogP contribution is -2.53. The van der Waals surface area contributed by atoms with Crippen molar-refractivity contribution in [3.05, 3.63) is 95.2 Å². The summed E-state index contributed by atoms with van der Waals surface area (Å²) in [4.78, 5) is 30.1. The second-order valence-corrected chi connectivity index (χ2v) is 8.82. The molecule has 2 heterocycles. The Morgan fingerprint density at radius 3 is 2.62 bits per heavy atom. The molecule has 0 saturated carbocycles. The van der Waals surface area contributed by atoms with Crippen LogP contribution in [0.3, 0.4) is 0 Å². The van der Waals surface area contributed by atoms with E-state index in [1.807, 2.05) is 35.2 Å². The average molecular weight is 454 g/mol. The highest BCUT2D eigenvalue weighted by Gasteiger charge is 2.29. The molecular weight excluding hydrogens is 426 g/mol. The van der Waals surface area contributed by atoms with Gasteiger partial charge in [0.15, 0.2) is 11.5 Å². The van der Waals surface area contributed by atoms with E-state index in [2.05, 4.69) is 48.3 Å². The van der Waals surface area contributed by atoms with Gasteiger partial charge in [-0.25, -0.2) is 0 Å². The summed E-state index contributed by atoms with van der Waals surface area (Å²) in [6, 6.07) is 23.4. The highest BCUT2D eigenvalue weighted by Crippen LogP contribution is 2.33. The molecule has 0 aliphatic carbocycles. The van der Waals surface area contributed by atoms with E-state index < -0.39 is 0 Å². The number of aryl methyl sites for hydroxylation is 1. The molecule has 172 valence electrons. The summed E-state index contributed by atoms with van der Waals surface area (Å²) in [5.74, 6) is 0.370. The van der Waals surface area contributed by atoms with Crippen LogP contribution in [0.4, 0.5) is 11.4 Å². The summed E-state index contributed by atoms with van der Waals surface area (Å²) in [5.41, 5.74) is 4.33. The number of benzene rings is 3. The monoisotopic (exact) mass is 453 g/mol. The summed E-state index contributed by atoms with van der Waals surface area (Å²) < 4.78 is 5.84. The second-order valence-electron chi connectivity index (χ2n) is 8.82. The fourth-order valence-corrected chi connectivity index (χ4v) is 4.51. The minimum absolute atomic E-state index is 0.0431. The van der Waals surface area contributed by atoms with Crippen LogP contribution < -0.4 is 15.0 Å². The molecule has 1 fully saturated rings. The first-order valence-electron chi connectivity index (χ1n) is 11.5. The van der Waals surface area contributed by atoms with E-state index in [0.717, 1.165) is 12.1 Å². The maximum atomic E-state index is 13.3. The first kappa shape index (κ1) is 21.8. The number of fused-ring (bicyclic) bond motifs is 1. The molecule has 0 radical (unpaired) electrons. The molecular formula is C28H27N3O3. The molecule has 0 spiro atoms. The maximum Gasteiger partial charge on any atom is 0.291 e. The molecule has 2 amide bonds. The van der Waals surface area contributed by atoms with Gasteiger partial charge in [0.2, 0.25) is 0 Å². The van der Waals surface area contributed by atoms with Crippen molar-refractivity contribution in [1.82, 2.24) is 4.90 Å². The molecule has 3 aromatic carbocycles. The Morgan fingerprint density at radius 2 is 1.85 bits per heavy atom. The number of carbonyl (C=O) groups is 2. The Kier molecular flexibility index (Phi) is 5.80. The summed E-state index contributed by atoms with van der Waals surface area (Å²) in [5, 5.41) is 2.86. The molecule has 3 aromatic rings. The lowest BCUT2D eigenvalue weighted by atomic mass is 10.1. The zero-order valence-electron chi connectivity index (χ0n) is 19.3. The van der Waals surface area contributed by atoms with E-state index in [9.17, 15) is 9.59 Å². The number of amides is 2. The lowest BCUT2D eigenvalue weighted by Gasteiger charge is -2.41. The first-order valence-corrected chi connectivity index (χ1v) is 11.5. The minimum Gasteiger partial charge on any atom is -0.449 e. The molecule has 34 heavy (non-hydrogen) atoms. The SMILES string of the molecule is Cc1cccc(N2CCN(C(=O)c3ccc4c(c3)NC(=O)/C(=C/c3ccccc3)O4)CC2C)c1. The number of ether oxygens (including phenoxy) is 1. The van der Waals surface area contributed by atoms with Crippen molar-refractivity contribution in [1.29, 1.82) is 0 Å². The number of hydrogen-bond acceptors (Lipinski definition) is 4. The summed E-state index contributed by atoms with van der Waals surface area (Å²) in [6.07, 6.45) is 1.70. The lowest BCUT2D eigenvalue weighted by molar-refractivity contribution is -0.115. The molecule has 0 bridgehead atoms. The predicted molar refractivity (Wildman–Crippen MR) is 134 cm³/mol. The van der Waals surface area contributed by atoms with Crippen molar-refractivity contribution in [2.24, 2.45) is 0 Å². The van der Waals surface area contributed by atoms with Crippen LogP contribution in [0.1, 0.15) is 28.4 Å². The number of nitrogens with zero attached hydrogens (tertiary/aromatic N) is 2. The Balaban J connectivity index is 1.30. The summed E-state index contributed by atoms with van der Waals surface area (Å²) >= 11 is 0. The Labute approximate surface area is 199 Å². The van der Waals surface area contributed by atoms with Gasteiger partial charge in [-0.15, -0.1) is 0 Å². The average Bonchev–Trinajstić information content (AvgIpc) is 2.84. The molecule has 5 rings (SSSR count). The van der Waals surface area contributed by atoms with Crippen LogP contribution in [-0.4, -0.2) is 42.4 Å². The van der Waals surface area contributed by atoms with Crippen molar-refractivity contribution < 1.29 is 14.3 Å². The van der Waals surface area contributed by atoms with Gasteiger partial charge in [0.05, 0.1) is 5.69 Å². The first-order chi connectivity index (χ1) is 16.5. The van der Waals surface area contributed by atoms with Gasteiger partial charge in [0.1, 0.15) is 0 Å². The van der Waals surface area contributed by atoms with Crippen LogP contribution >= 0.6 is 0 Å². The van der Waals surface area contributed by atoms with E-state index >= 15 is 0 Å². The van der Waals surface area contributed by atoms with E-state index in [0.29, 0.717) is 30.1 Å². The number of hydrogen-bond donors (Lipinski definition) is 1. The van der Waals surface area contributed by atoms with Crippen molar-refractivity contribution in [2.75, 3.05) is 29.9 Å². The van der Waals surface area contributed by atoms with Crippen molar-refractivity contribution in [3.63, 3.8) is 0 Å². The number of piperazine rings is 1. The van der Waals surface area contributed by atoms with E-state index in [-0.39, 0.29) is 23.6 Å². The molecule has 1 saturated heterocycles. The molecule has 1 atom stereocenters. The van der Waals surface area contributed by atoms with Gasteiger partial charge < -0.3 is 19.9 Å². The van der Waals surface area contributed by atoms with E-state index in [1.165, 1.54) is 11.3 Å². The fourth-order valence-electron chi connectivity index (χ4n) is 4.51. The second kappa shape index (κ2) is 9.06. The molecule has 1 N–H and O–H groups in total. The molecule has 2 aliphatic rings. The fraction of sp³-hybridized carbons (Fsp3) is 0.214. The maximum absolute atomic E-state index is 13.3. The van der Waals surface area contributed by atoms with Gasteiger partial charge in [0, 0.05) is 36.9 Å². The van der Waals surface area contributed by atoms with Crippen LogP contribution in [0.25, 0.3) is 6.08 Å². The molecule has 1 unspecified atom stereocenters. The Morgan fingerprint density at radius 1 is 1.03 bits per heavy atom. The summed E-state index contributed by atoms with van der Waals surface area (Å²) in [6.45, 7) is 6.28. The van der Waals surface area contributed by atoms with Gasteiger partial charge >= 0.3 is 0 Å². The van der Waals surface area contributed by atoms with Gasteiger partial charge in [-0.2, -0.15) is 0 Å². The molecule has 6 heteroatoms. The van der Waals surface area contributed by atoms with Crippen molar-refractivity contribution in [2.45, 2.75) is 19.9 Å². The summed E-state index contributed by atoms with van der Waals surface area (Å²) in [7, 11) is 0. The number of nitrogens with one attached hydrogen (secondary N) is 1. The third-order valence-electron chi connectivity index (χ3n) is 6.26. The zero-order chi connectivity index (χ0) is 23.7. The van der Waals surface area contributed by atoms with Crippen LogP contribution in [0, 0.1) is 6.92 Å². The predicted octanol–water partition coefficient (Wildman–Crippen LogP) is 4.72. The third kappa shape index (κ3) is 4.39. The normalized spacial score (nSPS) is 18.8. The number of rotatable bonds is 3. The van der Waals surface area contributed by atoms with Gasteiger partial charge in [0.25, 0.3) is 11.8 Å².